The normalized spacial score (nSPS) is 17.9. The maximum atomic E-state index is 12.7. The summed E-state index contributed by atoms with van der Waals surface area (Å²) in [5.74, 6) is 0.812. The maximum absolute atomic E-state index is 12.7. The van der Waals surface area contributed by atoms with E-state index >= 15 is 0 Å². The van der Waals surface area contributed by atoms with Crippen LogP contribution in [0.15, 0.2) is 20.1 Å². The summed E-state index contributed by atoms with van der Waals surface area (Å²) in [5.41, 5.74) is 0.649. The van der Waals surface area contributed by atoms with Crippen molar-refractivity contribution in [1.82, 2.24) is 19.4 Å². The van der Waals surface area contributed by atoms with Crippen LogP contribution in [0.1, 0.15) is 12.8 Å². The Morgan fingerprint density at radius 3 is 2.59 bits per heavy atom. The van der Waals surface area contributed by atoms with Gasteiger partial charge in [0, 0.05) is 38.5 Å². The molecule has 1 aliphatic heterocycles. The van der Waals surface area contributed by atoms with Gasteiger partial charge in [-0.1, -0.05) is 6.92 Å². The van der Waals surface area contributed by atoms with Gasteiger partial charge < -0.3 is 9.32 Å². The molecule has 0 unspecified atom stereocenters. The molecule has 0 aromatic carbocycles. The molecule has 1 saturated heterocycles. The molecule has 0 bridgehead atoms. The number of aromatic nitrogens is 2. The summed E-state index contributed by atoms with van der Waals surface area (Å²) < 4.78 is 32.6. The predicted molar refractivity (Wildman–Crippen MR) is 83.2 cm³/mol. The number of likely N-dealkylation sites (N-methyl/N-ethyl adjacent to an activating group) is 1. The minimum absolute atomic E-state index is 0.323. The first-order valence-electron chi connectivity index (χ1n) is 7.12. The first kappa shape index (κ1) is 15.6. The lowest BCUT2D eigenvalue weighted by atomic mass is 10.3. The van der Waals surface area contributed by atoms with Gasteiger partial charge in [0.1, 0.15) is 4.21 Å². The fraction of sp³-hybridized carbons (Fsp3) is 0.538. The standard InChI is InChI=1S/C13H18N4O3S2/c1-3-16-4-6-17(7-5-16)22(18,19)12-8-11(9-21-12)13-15-14-10(2)20-13/h8-9H,3-7H2,1-2H3. The molecule has 3 heterocycles. The molecule has 2 aromatic rings. The lowest BCUT2D eigenvalue weighted by molar-refractivity contribution is 0.196. The number of aryl methyl sites for hydroxylation is 1. The summed E-state index contributed by atoms with van der Waals surface area (Å²) in [4.78, 5) is 2.24. The summed E-state index contributed by atoms with van der Waals surface area (Å²) in [6.45, 7) is 7.35. The SMILES string of the molecule is CCN1CCN(S(=O)(=O)c2cc(-c3nnc(C)o3)cs2)CC1. The third kappa shape index (κ3) is 2.94. The predicted octanol–water partition coefficient (Wildman–Crippen LogP) is 1.43. The Bertz CT molecular complexity index is 745. The van der Waals surface area contributed by atoms with E-state index in [0.29, 0.717) is 34.6 Å². The zero-order valence-electron chi connectivity index (χ0n) is 12.5. The van der Waals surface area contributed by atoms with Crippen LogP contribution in [0.25, 0.3) is 11.5 Å². The third-order valence-electron chi connectivity index (χ3n) is 3.72. The van der Waals surface area contributed by atoms with Gasteiger partial charge in [-0.25, -0.2) is 8.42 Å². The highest BCUT2D eigenvalue weighted by molar-refractivity contribution is 7.91. The van der Waals surface area contributed by atoms with Crippen LogP contribution in [-0.4, -0.2) is 60.5 Å². The van der Waals surface area contributed by atoms with Gasteiger partial charge >= 0.3 is 0 Å². The van der Waals surface area contributed by atoms with Crippen LogP contribution < -0.4 is 0 Å². The summed E-state index contributed by atoms with van der Waals surface area (Å²) in [6, 6.07) is 1.61. The van der Waals surface area contributed by atoms with E-state index in [0.717, 1.165) is 19.6 Å². The topological polar surface area (TPSA) is 79.5 Å². The Balaban J connectivity index is 1.80. The molecule has 120 valence electrons. The van der Waals surface area contributed by atoms with Crippen molar-refractivity contribution >= 4 is 21.4 Å². The first-order chi connectivity index (χ1) is 10.5. The van der Waals surface area contributed by atoms with Crippen molar-refractivity contribution in [2.24, 2.45) is 0 Å². The molecule has 1 fully saturated rings. The Morgan fingerprint density at radius 1 is 1.27 bits per heavy atom. The van der Waals surface area contributed by atoms with Crippen LogP contribution in [0.4, 0.5) is 0 Å². The van der Waals surface area contributed by atoms with Crippen molar-refractivity contribution in [3.8, 4) is 11.5 Å². The van der Waals surface area contributed by atoms with E-state index in [1.54, 1.807) is 22.7 Å². The molecule has 7 nitrogen and oxygen atoms in total. The minimum Gasteiger partial charge on any atom is -0.421 e. The van der Waals surface area contributed by atoms with E-state index in [9.17, 15) is 8.42 Å². The lowest BCUT2D eigenvalue weighted by Crippen LogP contribution is -2.48. The number of nitrogens with zero attached hydrogens (tertiary/aromatic N) is 4. The van der Waals surface area contributed by atoms with Crippen LogP contribution in [0, 0.1) is 6.92 Å². The van der Waals surface area contributed by atoms with Crippen LogP contribution in [-0.2, 0) is 10.0 Å². The largest absolute Gasteiger partial charge is 0.421 e. The fourth-order valence-electron chi connectivity index (χ4n) is 2.39. The van der Waals surface area contributed by atoms with Crippen molar-refractivity contribution in [3.63, 3.8) is 0 Å². The molecule has 0 amide bonds. The smallest absolute Gasteiger partial charge is 0.252 e. The van der Waals surface area contributed by atoms with E-state index in [4.69, 9.17) is 4.42 Å². The highest BCUT2D eigenvalue weighted by atomic mass is 32.2. The molecule has 0 atom stereocenters. The van der Waals surface area contributed by atoms with Crippen molar-refractivity contribution < 1.29 is 12.8 Å². The third-order valence-corrected chi connectivity index (χ3v) is 7.03. The second-order valence-corrected chi connectivity index (χ2v) is 8.20. The number of thiophene rings is 1. The number of rotatable bonds is 4. The highest BCUT2D eigenvalue weighted by Gasteiger charge is 2.29. The van der Waals surface area contributed by atoms with E-state index in [-0.39, 0.29) is 0 Å². The van der Waals surface area contributed by atoms with Gasteiger partial charge in [0.2, 0.25) is 11.8 Å². The molecular formula is C13H18N4O3S2. The second kappa shape index (κ2) is 6.07. The Hall–Kier alpha value is -1.29. The van der Waals surface area contributed by atoms with Crippen molar-refractivity contribution in [3.05, 3.63) is 17.3 Å². The van der Waals surface area contributed by atoms with Crippen LogP contribution >= 0.6 is 11.3 Å². The Kier molecular flexibility index (Phi) is 4.31. The zero-order chi connectivity index (χ0) is 15.7. The van der Waals surface area contributed by atoms with Crippen LogP contribution in [0.5, 0.6) is 0 Å². The van der Waals surface area contributed by atoms with Gasteiger partial charge in [0.05, 0.1) is 5.56 Å². The second-order valence-electron chi connectivity index (χ2n) is 5.12. The number of hydrogen-bond acceptors (Lipinski definition) is 7. The van der Waals surface area contributed by atoms with Crippen molar-refractivity contribution in [2.45, 2.75) is 18.1 Å². The van der Waals surface area contributed by atoms with Crippen molar-refractivity contribution in [2.75, 3.05) is 32.7 Å². The molecule has 9 heteroatoms. The fourth-order valence-corrected chi connectivity index (χ4v) is 5.12. The van der Waals surface area contributed by atoms with Gasteiger partial charge in [-0.3, -0.25) is 0 Å². The summed E-state index contributed by atoms with van der Waals surface area (Å²) in [7, 11) is -3.44. The van der Waals surface area contributed by atoms with Gasteiger partial charge in [-0.05, 0) is 12.6 Å². The number of sulfonamides is 1. The molecule has 0 N–H and O–H groups in total. The molecule has 1 aliphatic rings. The van der Waals surface area contributed by atoms with E-state index in [1.165, 1.54) is 11.3 Å². The zero-order valence-corrected chi connectivity index (χ0v) is 14.2. The number of piperazine rings is 1. The van der Waals surface area contributed by atoms with E-state index in [1.807, 2.05) is 0 Å². The molecule has 0 saturated carbocycles. The van der Waals surface area contributed by atoms with Gasteiger partial charge in [-0.15, -0.1) is 21.5 Å². The monoisotopic (exact) mass is 342 g/mol. The van der Waals surface area contributed by atoms with Crippen LogP contribution in [0.2, 0.25) is 0 Å². The lowest BCUT2D eigenvalue weighted by Gasteiger charge is -2.32. The number of hydrogen-bond donors (Lipinski definition) is 0. The minimum atomic E-state index is -3.44. The molecule has 22 heavy (non-hydrogen) atoms. The van der Waals surface area contributed by atoms with Gasteiger partial charge in [-0.2, -0.15) is 4.31 Å². The molecular weight excluding hydrogens is 324 g/mol. The summed E-state index contributed by atoms with van der Waals surface area (Å²) in [6.07, 6.45) is 0. The summed E-state index contributed by atoms with van der Waals surface area (Å²) >= 11 is 1.19. The average molecular weight is 342 g/mol. The summed E-state index contributed by atoms with van der Waals surface area (Å²) in [5, 5.41) is 9.42. The van der Waals surface area contributed by atoms with Gasteiger partial charge in [0.25, 0.3) is 10.0 Å². The molecule has 2 aromatic heterocycles. The highest BCUT2D eigenvalue weighted by Crippen LogP contribution is 2.30. The quantitative estimate of drug-likeness (QED) is 0.836. The molecule has 0 radical (unpaired) electrons. The molecule has 0 spiro atoms. The first-order valence-corrected chi connectivity index (χ1v) is 9.44. The molecule has 3 rings (SSSR count). The average Bonchev–Trinajstić information content (AvgIpc) is 3.16. The maximum Gasteiger partial charge on any atom is 0.252 e. The van der Waals surface area contributed by atoms with E-state index in [2.05, 4.69) is 22.0 Å². The Labute approximate surface area is 133 Å². The molecule has 0 aliphatic carbocycles. The van der Waals surface area contributed by atoms with Crippen molar-refractivity contribution in [1.29, 1.82) is 0 Å². The van der Waals surface area contributed by atoms with Gasteiger partial charge in [0.15, 0.2) is 0 Å². The van der Waals surface area contributed by atoms with E-state index < -0.39 is 10.0 Å². The van der Waals surface area contributed by atoms with Crippen LogP contribution in [0.3, 0.4) is 0 Å². The Morgan fingerprint density at radius 2 is 2.00 bits per heavy atom.